The molecule has 2 amide bonds. The lowest BCUT2D eigenvalue weighted by Crippen LogP contribution is -2.39. The van der Waals surface area contributed by atoms with E-state index in [9.17, 15) is 35.9 Å². The summed E-state index contributed by atoms with van der Waals surface area (Å²) in [6.45, 7) is 1.65. The summed E-state index contributed by atoms with van der Waals surface area (Å²) >= 11 is 0. The summed E-state index contributed by atoms with van der Waals surface area (Å²) < 4.78 is 103. The molecule has 3 aromatic rings. The molecule has 2 aliphatic carbocycles. The Balaban J connectivity index is 1.49. The molecular weight excluding hydrogens is 601 g/mol. The number of hydrogen-bond donors (Lipinski definition) is 3. The Morgan fingerprint density at radius 3 is 2.39 bits per heavy atom. The maximum Gasteiger partial charge on any atom is 0.390 e. The minimum Gasteiger partial charge on any atom is -0.352 e. The predicted molar refractivity (Wildman–Crippen MR) is 141 cm³/mol. The molecule has 2 aliphatic rings. The van der Waals surface area contributed by atoms with Crippen molar-refractivity contribution in [2.75, 3.05) is 6.54 Å². The zero-order valence-electron chi connectivity index (χ0n) is 23.8. The number of aromatic amines is 1. The van der Waals surface area contributed by atoms with Crippen LogP contribution in [-0.4, -0.2) is 56.4 Å². The fourth-order valence-electron chi connectivity index (χ4n) is 5.48. The lowest BCUT2D eigenvalue weighted by atomic mass is 9.81. The highest BCUT2D eigenvalue weighted by Gasteiger charge is 2.42. The fraction of sp³-hybridized carbons (Fsp3) is 0.607. The summed E-state index contributed by atoms with van der Waals surface area (Å²) in [5.74, 6) is -8.63. The van der Waals surface area contributed by atoms with Gasteiger partial charge < -0.3 is 15.6 Å². The largest absolute Gasteiger partial charge is 0.390 e. The summed E-state index contributed by atoms with van der Waals surface area (Å²) in [7, 11) is 0. The van der Waals surface area contributed by atoms with Crippen molar-refractivity contribution in [3.8, 4) is 0 Å². The zero-order chi connectivity index (χ0) is 32.0. The first-order chi connectivity index (χ1) is 20.5. The van der Waals surface area contributed by atoms with E-state index in [0.717, 1.165) is 32.8 Å². The number of aromatic nitrogens is 4. The Hall–Kier alpha value is -3.72. The lowest BCUT2D eigenvalue weighted by Gasteiger charge is -2.33. The first-order valence-corrected chi connectivity index (χ1v) is 14.2. The molecule has 2 heterocycles. The minimum absolute atomic E-state index is 0.00496. The van der Waals surface area contributed by atoms with Crippen molar-refractivity contribution in [2.24, 2.45) is 5.92 Å². The molecule has 0 spiro atoms. The molecular formula is C28H31F7N6O3. The molecule has 9 nitrogen and oxygen atoms in total. The number of H-pyrrole nitrogens is 1. The van der Waals surface area contributed by atoms with Crippen LogP contribution in [0.2, 0.25) is 0 Å². The number of amides is 2. The monoisotopic (exact) mass is 632 g/mol. The number of carbonyl (C=O) groups excluding carboxylic acids is 2. The predicted octanol–water partition coefficient (Wildman–Crippen LogP) is 6.16. The highest BCUT2D eigenvalue weighted by molar-refractivity contribution is 5.93. The van der Waals surface area contributed by atoms with E-state index in [2.05, 4.69) is 30.9 Å². The van der Waals surface area contributed by atoms with Crippen molar-refractivity contribution >= 4 is 22.8 Å². The average Bonchev–Trinajstić information content (AvgIpc) is 3.47. The van der Waals surface area contributed by atoms with Crippen molar-refractivity contribution < 1.29 is 45.0 Å². The Labute approximate surface area is 246 Å². The molecule has 1 unspecified atom stereocenters. The highest BCUT2D eigenvalue weighted by Crippen LogP contribution is 2.43. The molecule has 0 saturated heterocycles. The van der Waals surface area contributed by atoms with Crippen LogP contribution in [0.5, 0.6) is 0 Å². The van der Waals surface area contributed by atoms with Gasteiger partial charge in [-0.3, -0.25) is 9.59 Å². The molecule has 5 rings (SSSR count). The Morgan fingerprint density at radius 1 is 1.09 bits per heavy atom. The van der Waals surface area contributed by atoms with E-state index in [4.69, 9.17) is 4.63 Å². The maximum atomic E-state index is 15.9. The van der Waals surface area contributed by atoms with Crippen molar-refractivity contribution in [3.63, 3.8) is 0 Å². The van der Waals surface area contributed by atoms with Crippen LogP contribution < -0.4 is 10.6 Å². The Kier molecular flexibility index (Phi) is 8.39. The second-order valence-corrected chi connectivity index (χ2v) is 12.2. The summed E-state index contributed by atoms with van der Waals surface area (Å²) in [6.07, 6.45) is -5.91. The van der Waals surface area contributed by atoms with Gasteiger partial charge in [0.15, 0.2) is 11.5 Å². The van der Waals surface area contributed by atoms with Crippen molar-refractivity contribution in [1.82, 2.24) is 30.9 Å². The van der Waals surface area contributed by atoms with Gasteiger partial charge in [-0.15, -0.1) is 0 Å². The standard InChI is InChI=1S/C28H31F7N6O3/c1-26(2,30)12-36-24(42)16(11-28(33,34)35)15-5-6-17-21(18(15)29)38-23(37-17)20(14-7-9-27(31,32)10-8-14)39-25(43)22-19(13-3-4-13)40-44-41-22/h5-6,13-14,16,20H,3-4,7-12H2,1-2H3,(H,36,42)(H,37,38)(H,39,43)/t16?,20-/m0/s1. The molecule has 0 radical (unpaired) electrons. The number of rotatable bonds is 10. The Bertz CT molecular complexity index is 1520. The summed E-state index contributed by atoms with van der Waals surface area (Å²) in [5.41, 5.74) is -2.61. The third-order valence-electron chi connectivity index (χ3n) is 7.96. The number of carbonyl (C=O) groups is 2. The van der Waals surface area contributed by atoms with Crippen LogP contribution in [0, 0.1) is 11.7 Å². The van der Waals surface area contributed by atoms with E-state index in [0.29, 0.717) is 5.69 Å². The van der Waals surface area contributed by atoms with Gasteiger partial charge >= 0.3 is 6.18 Å². The number of hydrogen-bond acceptors (Lipinski definition) is 6. The second kappa shape index (κ2) is 11.7. The SMILES string of the molecule is CC(C)(F)CNC(=O)C(CC(F)(F)F)c1ccc2[nH]c([C@@H](NC(=O)c3nonc3C3CC3)C3CCC(F)(F)CC3)nc2c1F. The van der Waals surface area contributed by atoms with E-state index in [1.807, 2.05) is 0 Å². The van der Waals surface area contributed by atoms with Crippen LogP contribution in [-0.2, 0) is 4.79 Å². The quantitative estimate of drug-likeness (QED) is 0.230. The van der Waals surface area contributed by atoms with Gasteiger partial charge in [0.25, 0.3) is 5.91 Å². The number of imidazole rings is 1. The molecule has 2 fully saturated rings. The topological polar surface area (TPSA) is 126 Å². The van der Waals surface area contributed by atoms with Crippen LogP contribution in [0.25, 0.3) is 11.0 Å². The molecule has 44 heavy (non-hydrogen) atoms. The normalized spacial score (nSPS) is 19.1. The molecule has 2 aromatic heterocycles. The van der Waals surface area contributed by atoms with Gasteiger partial charge in [-0.05, 0) is 56.7 Å². The van der Waals surface area contributed by atoms with E-state index < -0.39 is 90.2 Å². The molecule has 0 aliphatic heterocycles. The Morgan fingerprint density at radius 2 is 1.77 bits per heavy atom. The van der Waals surface area contributed by atoms with Crippen LogP contribution in [0.4, 0.5) is 30.7 Å². The number of halogens is 7. The van der Waals surface area contributed by atoms with Crippen LogP contribution in [0.3, 0.4) is 0 Å². The van der Waals surface area contributed by atoms with E-state index in [1.165, 1.54) is 6.07 Å². The first-order valence-electron chi connectivity index (χ1n) is 14.2. The van der Waals surface area contributed by atoms with Gasteiger partial charge in [0.2, 0.25) is 11.8 Å². The van der Waals surface area contributed by atoms with Gasteiger partial charge in [-0.2, -0.15) is 13.2 Å². The zero-order valence-corrected chi connectivity index (χ0v) is 23.8. The molecule has 16 heteroatoms. The minimum atomic E-state index is -4.86. The van der Waals surface area contributed by atoms with Gasteiger partial charge in [-0.1, -0.05) is 11.2 Å². The van der Waals surface area contributed by atoms with Crippen LogP contribution in [0.1, 0.15) is 104 Å². The van der Waals surface area contributed by atoms with E-state index in [-0.39, 0.29) is 35.8 Å². The maximum absolute atomic E-state index is 15.9. The third-order valence-corrected chi connectivity index (χ3v) is 7.96. The molecule has 240 valence electrons. The lowest BCUT2D eigenvalue weighted by molar-refractivity contribution is -0.148. The number of nitrogens with zero attached hydrogens (tertiary/aromatic N) is 3. The molecule has 3 N–H and O–H groups in total. The second-order valence-electron chi connectivity index (χ2n) is 12.2. The number of alkyl halides is 6. The number of benzene rings is 1. The van der Waals surface area contributed by atoms with Crippen molar-refractivity contribution in [3.05, 3.63) is 40.7 Å². The van der Waals surface area contributed by atoms with E-state index in [1.54, 1.807) is 0 Å². The van der Waals surface area contributed by atoms with Gasteiger partial charge in [-0.25, -0.2) is 27.2 Å². The van der Waals surface area contributed by atoms with Gasteiger partial charge in [0.05, 0.1) is 30.4 Å². The van der Waals surface area contributed by atoms with E-state index >= 15 is 4.39 Å². The molecule has 0 bridgehead atoms. The van der Waals surface area contributed by atoms with Gasteiger partial charge in [0, 0.05) is 24.3 Å². The first kappa shape index (κ1) is 31.7. The summed E-state index contributed by atoms with van der Waals surface area (Å²) in [5, 5.41) is 12.3. The fourth-order valence-corrected chi connectivity index (χ4v) is 5.48. The van der Waals surface area contributed by atoms with Crippen LogP contribution in [0.15, 0.2) is 16.8 Å². The molecule has 1 aromatic carbocycles. The smallest absolute Gasteiger partial charge is 0.352 e. The third kappa shape index (κ3) is 7.32. The van der Waals surface area contributed by atoms with Gasteiger partial charge in [0.1, 0.15) is 22.7 Å². The highest BCUT2D eigenvalue weighted by atomic mass is 19.4. The van der Waals surface area contributed by atoms with Crippen molar-refractivity contribution in [1.29, 1.82) is 0 Å². The summed E-state index contributed by atoms with van der Waals surface area (Å²) in [4.78, 5) is 33.1. The average molecular weight is 633 g/mol. The molecule has 2 atom stereocenters. The number of fused-ring (bicyclic) bond motifs is 1. The summed E-state index contributed by atoms with van der Waals surface area (Å²) in [6, 6.07) is 1.22. The van der Waals surface area contributed by atoms with Crippen molar-refractivity contribution in [2.45, 2.75) is 94.4 Å². The molecule has 2 saturated carbocycles. The van der Waals surface area contributed by atoms with Crippen LogP contribution >= 0.6 is 0 Å². The number of nitrogens with one attached hydrogen (secondary N) is 3.